The molecule has 0 aromatic carbocycles. The Balaban J connectivity index is 2.52. The lowest BCUT2D eigenvalue weighted by Crippen LogP contribution is -2.41. The number of aromatic nitrogens is 2. The molecule has 0 unspecified atom stereocenters. The predicted molar refractivity (Wildman–Crippen MR) is 47.9 cm³/mol. The summed E-state index contributed by atoms with van der Waals surface area (Å²) in [5, 5.41) is 4.22. The van der Waals surface area contributed by atoms with E-state index in [1.165, 1.54) is 0 Å². The largest absolute Gasteiger partial charge is 0.325 e. The van der Waals surface area contributed by atoms with Gasteiger partial charge in [0.2, 0.25) is 0 Å². The Morgan fingerprint density at radius 3 is 2.87 bits per heavy atom. The molecule has 8 heteroatoms. The van der Waals surface area contributed by atoms with Crippen LogP contribution in [0.15, 0.2) is 6.33 Å². The molecule has 5 nitrogen and oxygen atoms in total. The van der Waals surface area contributed by atoms with E-state index in [2.05, 4.69) is 15.3 Å². The summed E-state index contributed by atoms with van der Waals surface area (Å²) in [6.45, 7) is 0. The Hall–Kier alpha value is -1.50. The Kier molecular flexibility index (Phi) is 2.39. The zero-order chi connectivity index (χ0) is 11.0. The molecule has 2 rings (SSSR count). The Morgan fingerprint density at radius 1 is 1.47 bits per heavy atom. The van der Waals surface area contributed by atoms with E-state index >= 15 is 0 Å². The number of urea groups is 1. The number of carbonyl (C=O) groups is 1. The summed E-state index contributed by atoms with van der Waals surface area (Å²) in [7, 11) is 0. The first-order valence-corrected chi connectivity index (χ1v) is 4.33. The third-order valence-corrected chi connectivity index (χ3v) is 2.22. The van der Waals surface area contributed by atoms with Crippen LogP contribution in [0.3, 0.4) is 0 Å². The van der Waals surface area contributed by atoms with Crippen LogP contribution in [0, 0.1) is 0 Å². The molecule has 1 aromatic heterocycles. The quantitative estimate of drug-likeness (QED) is 0.725. The van der Waals surface area contributed by atoms with Crippen LogP contribution in [0.25, 0.3) is 0 Å². The molecular formula is C7H5ClF2N4O. The number of hydrogen-bond acceptors (Lipinski definition) is 3. The molecule has 0 fully saturated rings. The van der Waals surface area contributed by atoms with Gasteiger partial charge in [-0.25, -0.2) is 23.5 Å². The summed E-state index contributed by atoms with van der Waals surface area (Å²) in [5.74, 6) is 0.0176. The minimum atomic E-state index is -2.77. The number of rotatable bonds is 1. The number of alkyl halides is 2. The van der Waals surface area contributed by atoms with E-state index in [-0.39, 0.29) is 16.5 Å². The number of amides is 2. The fraction of sp³-hybridized carbons (Fsp3) is 0.286. The molecule has 0 bridgehead atoms. The monoisotopic (exact) mass is 234 g/mol. The second-order valence-corrected chi connectivity index (χ2v) is 3.20. The first-order valence-electron chi connectivity index (χ1n) is 3.95. The average molecular weight is 235 g/mol. The van der Waals surface area contributed by atoms with Gasteiger partial charge in [0.25, 0.3) is 6.43 Å². The Bertz CT molecular complexity index is 414. The van der Waals surface area contributed by atoms with Crippen molar-refractivity contribution in [2.75, 3.05) is 5.32 Å². The lowest BCUT2D eigenvalue weighted by atomic mass is 10.1. The molecule has 2 heterocycles. The number of hydrogen-bond donors (Lipinski definition) is 2. The lowest BCUT2D eigenvalue weighted by molar-refractivity contribution is 0.101. The van der Waals surface area contributed by atoms with Crippen LogP contribution in [-0.4, -0.2) is 22.4 Å². The third kappa shape index (κ3) is 1.70. The number of halogens is 3. The highest BCUT2D eigenvalue weighted by Gasteiger charge is 2.34. The molecule has 1 aromatic rings. The van der Waals surface area contributed by atoms with Crippen LogP contribution in [0.1, 0.15) is 11.6 Å². The molecule has 1 aliphatic heterocycles. The molecule has 2 N–H and O–H groups in total. The van der Waals surface area contributed by atoms with Crippen LogP contribution >= 0.6 is 11.6 Å². The molecule has 1 atom stereocenters. The van der Waals surface area contributed by atoms with E-state index in [1.54, 1.807) is 0 Å². The van der Waals surface area contributed by atoms with E-state index in [9.17, 15) is 13.6 Å². The minimum absolute atomic E-state index is 0.00812. The summed E-state index contributed by atoms with van der Waals surface area (Å²) in [6, 6.07) is -2.20. The van der Waals surface area contributed by atoms with Gasteiger partial charge in [0.1, 0.15) is 23.3 Å². The summed E-state index contributed by atoms with van der Waals surface area (Å²) in [4.78, 5) is 18.2. The van der Waals surface area contributed by atoms with Crippen LogP contribution in [-0.2, 0) is 0 Å². The second kappa shape index (κ2) is 3.58. The van der Waals surface area contributed by atoms with Gasteiger partial charge in [-0.15, -0.1) is 0 Å². The summed E-state index contributed by atoms with van der Waals surface area (Å²) < 4.78 is 25.2. The fourth-order valence-electron chi connectivity index (χ4n) is 1.30. The van der Waals surface area contributed by atoms with E-state index in [0.29, 0.717) is 0 Å². The Morgan fingerprint density at radius 2 is 2.20 bits per heavy atom. The molecule has 80 valence electrons. The van der Waals surface area contributed by atoms with E-state index in [4.69, 9.17) is 11.6 Å². The van der Waals surface area contributed by atoms with Crippen LogP contribution < -0.4 is 10.6 Å². The standard InChI is InChI=1S/C7H5ClF2N4O/c8-4-2-3(5(9)10)13-7(15)14-6(2)12-1-11-4/h1,3,5H,(H2,11,12,13,14,15)/t3-/m1/s1. The molecular weight excluding hydrogens is 230 g/mol. The van der Waals surface area contributed by atoms with Gasteiger partial charge in [0, 0.05) is 0 Å². The van der Waals surface area contributed by atoms with Crippen molar-refractivity contribution < 1.29 is 13.6 Å². The molecule has 1 aliphatic rings. The van der Waals surface area contributed by atoms with Gasteiger partial charge in [0.05, 0.1) is 5.56 Å². The van der Waals surface area contributed by atoms with Gasteiger partial charge >= 0.3 is 6.03 Å². The lowest BCUT2D eigenvalue weighted by Gasteiger charge is -2.25. The van der Waals surface area contributed by atoms with Gasteiger partial charge in [-0.2, -0.15) is 0 Å². The van der Waals surface area contributed by atoms with Gasteiger partial charge in [0.15, 0.2) is 0 Å². The number of anilines is 1. The van der Waals surface area contributed by atoms with E-state index < -0.39 is 18.5 Å². The summed E-state index contributed by atoms with van der Waals surface area (Å²) >= 11 is 5.65. The highest BCUT2D eigenvalue weighted by molar-refractivity contribution is 6.30. The normalized spacial score (nSPS) is 19.5. The molecule has 0 radical (unpaired) electrons. The highest BCUT2D eigenvalue weighted by atomic mass is 35.5. The molecule has 0 saturated heterocycles. The Labute approximate surface area is 87.9 Å². The number of fused-ring (bicyclic) bond motifs is 1. The summed E-state index contributed by atoms with van der Waals surface area (Å²) in [5.41, 5.74) is 0.00812. The van der Waals surface area contributed by atoms with Crippen molar-refractivity contribution in [3.8, 4) is 0 Å². The fourth-order valence-corrected chi connectivity index (χ4v) is 1.55. The molecule has 15 heavy (non-hydrogen) atoms. The topological polar surface area (TPSA) is 66.9 Å². The van der Waals surface area contributed by atoms with Crippen molar-refractivity contribution >= 4 is 23.4 Å². The van der Waals surface area contributed by atoms with Gasteiger partial charge in [-0.1, -0.05) is 11.6 Å². The van der Waals surface area contributed by atoms with Crippen molar-refractivity contribution in [1.29, 1.82) is 0 Å². The van der Waals surface area contributed by atoms with E-state index in [1.807, 2.05) is 5.32 Å². The van der Waals surface area contributed by atoms with Crippen molar-refractivity contribution in [2.45, 2.75) is 12.5 Å². The van der Waals surface area contributed by atoms with Crippen molar-refractivity contribution in [2.24, 2.45) is 0 Å². The predicted octanol–water partition coefficient (Wildman–Crippen LogP) is 1.57. The zero-order valence-electron chi connectivity index (χ0n) is 7.17. The van der Waals surface area contributed by atoms with Crippen LogP contribution in [0.4, 0.5) is 19.4 Å². The average Bonchev–Trinajstić information content (AvgIpc) is 2.16. The molecule has 0 spiro atoms. The number of nitrogens with zero attached hydrogens (tertiary/aromatic N) is 2. The highest BCUT2D eigenvalue weighted by Crippen LogP contribution is 2.33. The van der Waals surface area contributed by atoms with Crippen molar-refractivity contribution in [1.82, 2.24) is 15.3 Å². The number of carbonyl (C=O) groups excluding carboxylic acids is 1. The first kappa shape index (κ1) is 10.0. The SMILES string of the molecule is O=C1Nc2ncnc(Cl)c2[C@H](C(F)F)N1. The maximum absolute atomic E-state index is 12.6. The summed E-state index contributed by atoms with van der Waals surface area (Å²) in [6.07, 6.45) is -1.67. The smallest absolute Gasteiger partial charge is 0.321 e. The van der Waals surface area contributed by atoms with E-state index in [0.717, 1.165) is 6.33 Å². The zero-order valence-corrected chi connectivity index (χ0v) is 7.92. The number of nitrogens with one attached hydrogen (secondary N) is 2. The molecule has 0 saturated carbocycles. The van der Waals surface area contributed by atoms with Gasteiger partial charge in [-0.3, -0.25) is 5.32 Å². The maximum Gasteiger partial charge on any atom is 0.321 e. The molecule has 0 aliphatic carbocycles. The van der Waals surface area contributed by atoms with Gasteiger partial charge in [-0.05, 0) is 0 Å². The van der Waals surface area contributed by atoms with Crippen LogP contribution in [0.2, 0.25) is 5.15 Å². The molecule has 2 amide bonds. The second-order valence-electron chi connectivity index (χ2n) is 2.84. The van der Waals surface area contributed by atoms with Crippen molar-refractivity contribution in [3.63, 3.8) is 0 Å². The van der Waals surface area contributed by atoms with Crippen LogP contribution in [0.5, 0.6) is 0 Å². The van der Waals surface area contributed by atoms with Crippen molar-refractivity contribution in [3.05, 3.63) is 17.0 Å². The van der Waals surface area contributed by atoms with Gasteiger partial charge < -0.3 is 5.32 Å². The minimum Gasteiger partial charge on any atom is -0.325 e. The third-order valence-electron chi connectivity index (χ3n) is 1.92. The maximum atomic E-state index is 12.6. The first-order chi connectivity index (χ1) is 7.09.